The molecule has 0 aliphatic heterocycles. The molecule has 0 amide bonds. The maximum atomic E-state index is 6.15. The van der Waals surface area contributed by atoms with Crippen LogP contribution in [-0.4, -0.2) is 41.4 Å². The Hall–Kier alpha value is -3.34. The van der Waals surface area contributed by atoms with Gasteiger partial charge in [-0.3, -0.25) is 0 Å². The first-order valence-corrected chi connectivity index (χ1v) is 9.97. The Labute approximate surface area is 171 Å². The van der Waals surface area contributed by atoms with Gasteiger partial charge in [-0.2, -0.15) is 10.1 Å². The smallest absolute Gasteiger partial charge is 0.271 e. The molecule has 0 aliphatic rings. The molecule has 0 unspecified atom stereocenters. The van der Waals surface area contributed by atoms with Crippen molar-refractivity contribution in [1.29, 1.82) is 0 Å². The molecule has 3 aromatic heterocycles. The summed E-state index contributed by atoms with van der Waals surface area (Å²) in [6, 6.07) is 9.52. The fourth-order valence-corrected chi connectivity index (χ4v) is 3.51. The summed E-state index contributed by atoms with van der Waals surface area (Å²) in [5.41, 5.74) is 2.58. The molecule has 1 aromatic carbocycles. The normalized spacial score (nSPS) is 11.1. The number of thioether (sulfide) groups is 1. The molecule has 10 nitrogen and oxygen atoms in total. The zero-order valence-corrected chi connectivity index (χ0v) is 17.1. The Morgan fingerprint density at radius 2 is 2.03 bits per heavy atom. The van der Waals surface area contributed by atoms with Crippen LogP contribution in [0.1, 0.15) is 24.2 Å². The number of hydrogen-bond acceptors (Lipinski definition) is 9. The van der Waals surface area contributed by atoms with Crippen molar-refractivity contribution >= 4 is 11.8 Å². The Morgan fingerprint density at radius 3 is 2.79 bits per heavy atom. The van der Waals surface area contributed by atoms with Crippen LogP contribution < -0.4 is 10.6 Å². The standard InChI is InChI=1S/C18H20N8O2S/c1-4-27-14-8-6-5-7-13(14)16-20-15(28-24-16)10-29-18-22-21-17(25(18)19)26-12(3)9-11(2)23-26/h5-9H,4,10,19H2,1-3H3. The van der Waals surface area contributed by atoms with Crippen LogP contribution in [0.2, 0.25) is 0 Å². The second kappa shape index (κ2) is 7.95. The van der Waals surface area contributed by atoms with Crippen molar-refractivity contribution in [2.45, 2.75) is 31.7 Å². The van der Waals surface area contributed by atoms with Gasteiger partial charge < -0.3 is 15.1 Å². The van der Waals surface area contributed by atoms with E-state index in [9.17, 15) is 0 Å². The number of nitrogen functional groups attached to an aromatic ring is 1. The number of benzene rings is 1. The third-order valence-electron chi connectivity index (χ3n) is 4.07. The molecule has 0 saturated carbocycles. The highest BCUT2D eigenvalue weighted by molar-refractivity contribution is 7.98. The topological polar surface area (TPSA) is 123 Å². The van der Waals surface area contributed by atoms with Crippen LogP contribution >= 0.6 is 11.8 Å². The van der Waals surface area contributed by atoms with E-state index in [-0.39, 0.29) is 0 Å². The summed E-state index contributed by atoms with van der Waals surface area (Å²) in [5.74, 6) is 8.63. The number of nitrogens with zero attached hydrogens (tertiary/aromatic N) is 7. The zero-order chi connectivity index (χ0) is 20.4. The van der Waals surface area contributed by atoms with Gasteiger partial charge in [-0.25, -0.2) is 9.36 Å². The van der Waals surface area contributed by atoms with Gasteiger partial charge in [0.05, 0.1) is 23.6 Å². The fourth-order valence-electron chi connectivity index (χ4n) is 2.83. The molecule has 0 spiro atoms. The quantitative estimate of drug-likeness (QED) is 0.360. The van der Waals surface area contributed by atoms with E-state index in [4.69, 9.17) is 15.1 Å². The van der Waals surface area contributed by atoms with E-state index in [2.05, 4.69) is 25.4 Å². The molecule has 0 aliphatic carbocycles. The third kappa shape index (κ3) is 3.81. The highest BCUT2D eigenvalue weighted by Gasteiger charge is 2.17. The van der Waals surface area contributed by atoms with Crippen LogP contribution in [0.3, 0.4) is 0 Å². The lowest BCUT2D eigenvalue weighted by molar-refractivity contribution is 0.341. The molecule has 11 heteroatoms. The lowest BCUT2D eigenvalue weighted by Crippen LogP contribution is -2.17. The van der Waals surface area contributed by atoms with Crippen molar-refractivity contribution in [3.8, 4) is 23.1 Å². The van der Waals surface area contributed by atoms with E-state index in [1.807, 2.05) is 51.1 Å². The number of nitrogens with two attached hydrogens (primary N) is 1. The Kier molecular flexibility index (Phi) is 5.21. The predicted molar refractivity (Wildman–Crippen MR) is 107 cm³/mol. The second-order valence-corrected chi connectivity index (χ2v) is 7.16. The maximum Gasteiger partial charge on any atom is 0.271 e. The molecule has 4 rings (SSSR count). The van der Waals surface area contributed by atoms with E-state index in [1.54, 1.807) is 4.68 Å². The lowest BCUT2D eigenvalue weighted by atomic mass is 10.2. The molecule has 0 radical (unpaired) electrons. The van der Waals surface area contributed by atoms with Crippen LogP contribution in [0.5, 0.6) is 5.75 Å². The van der Waals surface area contributed by atoms with E-state index in [0.29, 0.717) is 40.9 Å². The molecule has 0 saturated heterocycles. The second-order valence-electron chi connectivity index (χ2n) is 6.22. The van der Waals surface area contributed by atoms with Crippen LogP contribution in [0.4, 0.5) is 0 Å². The Balaban J connectivity index is 1.49. The molecule has 4 aromatic rings. The largest absolute Gasteiger partial charge is 0.493 e. The molecule has 29 heavy (non-hydrogen) atoms. The van der Waals surface area contributed by atoms with E-state index in [0.717, 1.165) is 17.0 Å². The van der Waals surface area contributed by atoms with Crippen LogP contribution in [0.25, 0.3) is 17.3 Å². The van der Waals surface area contributed by atoms with Crippen molar-refractivity contribution in [2.75, 3.05) is 12.4 Å². The SMILES string of the molecule is CCOc1ccccc1-c1noc(CSc2nnc(-n3nc(C)cc3C)n2N)n1. The molecule has 3 heterocycles. The third-order valence-corrected chi connectivity index (χ3v) is 4.99. The summed E-state index contributed by atoms with van der Waals surface area (Å²) in [4.78, 5) is 4.46. The number of aromatic nitrogens is 7. The first-order chi connectivity index (χ1) is 14.1. The van der Waals surface area contributed by atoms with Crippen LogP contribution in [0.15, 0.2) is 40.0 Å². The summed E-state index contributed by atoms with van der Waals surface area (Å²) < 4.78 is 14.1. The first kappa shape index (κ1) is 19.0. The van der Waals surface area contributed by atoms with Gasteiger partial charge in [0.25, 0.3) is 5.95 Å². The van der Waals surface area contributed by atoms with Gasteiger partial charge >= 0.3 is 0 Å². The average Bonchev–Trinajstić information content (AvgIpc) is 3.40. The minimum absolute atomic E-state index is 0.399. The molecule has 2 N–H and O–H groups in total. The molecule has 150 valence electrons. The van der Waals surface area contributed by atoms with Gasteiger partial charge in [0.1, 0.15) is 5.75 Å². The van der Waals surface area contributed by atoms with Gasteiger partial charge in [-0.15, -0.1) is 10.2 Å². The summed E-state index contributed by atoms with van der Waals surface area (Å²) in [5, 5.41) is 17.2. The zero-order valence-electron chi connectivity index (χ0n) is 16.2. The Bertz CT molecular complexity index is 1130. The average molecular weight is 412 g/mol. The van der Waals surface area contributed by atoms with Crippen molar-refractivity contribution in [3.63, 3.8) is 0 Å². The predicted octanol–water partition coefficient (Wildman–Crippen LogP) is 2.54. The Morgan fingerprint density at radius 1 is 1.21 bits per heavy atom. The van der Waals surface area contributed by atoms with Gasteiger partial charge in [-0.1, -0.05) is 29.1 Å². The summed E-state index contributed by atoms with van der Waals surface area (Å²) in [6.07, 6.45) is 0. The summed E-state index contributed by atoms with van der Waals surface area (Å²) >= 11 is 1.35. The highest BCUT2D eigenvalue weighted by atomic mass is 32.2. The van der Waals surface area contributed by atoms with Gasteiger partial charge in [0.2, 0.25) is 16.9 Å². The minimum atomic E-state index is 0.399. The molecular weight excluding hydrogens is 392 g/mol. The molecule has 0 fully saturated rings. The number of aryl methyl sites for hydroxylation is 2. The summed E-state index contributed by atoms with van der Waals surface area (Å²) in [6.45, 7) is 6.33. The molecule has 0 bridgehead atoms. The van der Waals surface area contributed by atoms with Crippen molar-refractivity contribution < 1.29 is 9.26 Å². The van der Waals surface area contributed by atoms with Crippen LogP contribution in [-0.2, 0) is 5.75 Å². The molecular formula is C18H20N8O2S. The minimum Gasteiger partial charge on any atom is -0.493 e. The van der Waals surface area contributed by atoms with E-state index < -0.39 is 0 Å². The van der Waals surface area contributed by atoms with Gasteiger partial charge in [-0.05, 0) is 39.0 Å². The lowest BCUT2D eigenvalue weighted by Gasteiger charge is -2.06. The maximum absolute atomic E-state index is 6.15. The fraction of sp³-hybridized carbons (Fsp3) is 0.278. The monoisotopic (exact) mass is 412 g/mol. The van der Waals surface area contributed by atoms with Crippen molar-refractivity contribution in [3.05, 3.63) is 47.6 Å². The van der Waals surface area contributed by atoms with Crippen molar-refractivity contribution in [1.82, 2.24) is 34.8 Å². The first-order valence-electron chi connectivity index (χ1n) is 8.98. The molecule has 0 atom stereocenters. The van der Waals surface area contributed by atoms with Crippen LogP contribution in [0, 0.1) is 13.8 Å². The number of rotatable bonds is 7. The van der Waals surface area contributed by atoms with Crippen molar-refractivity contribution in [2.24, 2.45) is 0 Å². The number of hydrogen-bond donors (Lipinski definition) is 1. The summed E-state index contributed by atoms with van der Waals surface area (Å²) in [7, 11) is 0. The highest BCUT2D eigenvalue weighted by Crippen LogP contribution is 2.29. The van der Waals surface area contributed by atoms with Gasteiger partial charge in [0.15, 0.2) is 0 Å². The van der Waals surface area contributed by atoms with E-state index in [1.165, 1.54) is 16.4 Å². The number of para-hydroxylation sites is 1. The van der Waals surface area contributed by atoms with Gasteiger partial charge in [0, 0.05) is 5.69 Å². The number of ether oxygens (including phenoxy) is 1. The van der Waals surface area contributed by atoms with E-state index >= 15 is 0 Å².